The zero-order valence-electron chi connectivity index (χ0n) is 8.94. The number of hydrogen-bond donors (Lipinski definition) is 1. The lowest BCUT2D eigenvalue weighted by Gasteiger charge is -2.04. The highest BCUT2D eigenvalue weighted by Crippen LogP contribution is 2.26. The highest BCUT2D eigenvalue weighted by atomic mass is 79.9. The summed E-state index contributed by atoms with van der Waals surface area (Å²) in [5.74, 6) is 0. The van der Waals surface area contributed by atoms with Gasteiger partial charge < -0.3 is 5.11 Å². The SMILES string of the molecule is C/C(=C/c1ccc(Br)c2cccnc12)CO. The fourth-order valence-electron chi connectivity index (χ4n) is 1.59. The monoisotopic (exact) mass is 277 g/mol. The molecule has 0 atom stereocenters. The van der Waals surface area contributed by atoms with Gasteiger partial charge in [-0.05, 0) is 24.6 Å². The normalized spacial score (nSPS) is 12.1. The summed E-state index contributed by atoms with van der Waals surface area (Å²) in [6.45, 7) is 1.97. The molecule has 0 saturated carbocycles. The summed E-state index contributed by atoms with van der Waals surface area (Å²) >= 11 is 3.50. The number of benzene rings is 1. The Morgan fingerprint density at radius 3 is 3.00 bits per heavy atom. The third-order valence-electron chi connectivity index (χ3n) is 2.40. The van der Waals surface area contributed by atoms with Gasteiger partial charge in [0.05, 0.1) is 12.1 Å². The molecule has 1 aromatic carbocycles. The van der Waals surface area contributed by atoms with Gasteiger partial charge in [0.25, 0.3) is 0 Å². The Morgan fingerprint density at radius 2 is 2.25 bits per heavy atom. The van der Waals surface area contributed by atoms with E-state index in [-0.39, 0.29) is 6.61 Å². The summed E-state index contributed by atoms with van der Waals surface area (Å²) in [5.41, 5.74) is 2.91. The second kappa shape index (κ2) is 4.76. The highest BCUT2D eigenvalue weighted by Gasteiger charge is 2.03. The molecule has 16 heavy (non-hydrogen) atoms. The van der Waals surface area contributed by atoms with Gasteiger partial charge >= 0.3 is 0 Å². The number of nitrogens with zero attached hydrogens (tertiary/aromatic N) is 1. The number of aliphatic hydroxyl groups is 1. The minimum absolute atomic E-state index is 0.0738. The molecule has 0 radical (unpaired) electrons. The standard InChI is InChI=1S/C13H12BrNO/c1-9(8-16)7-10-4-5-12(14)11-3-2-6-15-13(10)11/h2-7,16H,8H2,1H3/b9-7-. The van der Waals surface area contributed by atoms with E-state index in [0.29, 0.717) is 0 Å². The maximum Gasteiger partial charge on any atom is 0.0785 e. The average molecular weight is 278 g/mol. The molecule has 0 aliphatic heterocycles. The van der Waals surface area contributed by atoms with Crippen LogP contribution in [0.1, 0.15) is 12.5 Å². The molecule has 3 heteroatoms. The first kappa shape index (κ1) is 11.3. The zero-order chi connectivity index (χ0) is 11.5. The first-order valence-electron chi connectivity index (χ1n) is 5.03. The van der Waals surface area contributed by atoms with E-state index >= 15 is 0 Å². The molecule has 0 amide bonds. The van der Waals surface area contributed by atoms with Crippen LogP contribution in [0.4, 0.5) is 0 Å². The van der Waals surface area contributed by atoms with Crippen LogP contribution >= 0.6 is 15.9 Å². The summed E-state index contributed by atoms with van der Waals surface area (Å²) in [7, 11) is 0. The third-order valence-corrected chi connectivity index (χ3v) is 3.09. The summed E-state index contributed by atoms with van der Waals surface area (Å²) < 4.78 is 1.04. The van der Waals surface area contributed by atoms with Crippen molar-refractivity contribution in [3.05, 3.63) is 46.1 Å². The average Bonchev–Trinajstić information content (AvgIpc) is 2.33. The molecule has 2 rings (SSSR count). The molecule has 1 aromatic heterocycles. The number of aliphatic hydroxyl groups excluding tert-OH is 1. The van der Waals surface area contributed by atoms with Gasteiger partial charge in [-0.1, -0.05) is 34.1 Å². The number of aromatic nitrogens is 1. The molecule has 0 aliphatic rings. The van der Waals surface area contributed by atoms with E-state index in [9.17, 15) is 0 Å². The van der Waals surface area contributed by atoms with Gasteiger partial charge in [0.1, 0.15) is 0 Å². The first-order valence-corrected chi connectivity index (χ1v) is 5.83. The van der Waals surface area contributed by atoms with Crippen LogP contribution in [0.3, 0.4) is 0 Å². The van der Waals surface area contributed by atoms with E-state index in [1.165, 1.54) is 0 Å². The smallest absolute Gasteiger partial charge is 0.0785 e. The van der Waals surface area contributed by atoms with E-state index in [4.69, 9.17) is 5.11 Å². The van der Waals surface area contributed by atoms with E-state index in [2.05, 4.69) is 20.9 Å². The van der Waals surface area contributed by atoms with Gasteiger partial charge in [-0.25, -0.2) is 0 Å². The second-order valence-corrected chi connectivity index (χ2v) is 4.54. The summed E-state index contributed by atoms with van der Waals surface area (Å²) in [5, 5.41) is 10.1. The molecule has 1 N–H and O–H groups in total. The summed E-state index contributed by atoms with van der Waals surface area (Å²) in [6, 6.07) is 7.94. The van der Waals surface area contributed by atoms with Gasteiger partial charge in [0.15, 0.2) is 0 Å². The molecule has 0 unspecified atom stereocenters. The maximum absolute atomic E-state index is 9.02. The molecule has 0 fully saturated rings. The van der Waals surface area contributed by atoms with Gasteiger partial charge in [-0.15, -0.1) is 0 Å². The fraction of sp³-hybridized carbons (Fsp3) is 0.154. The zero-order valence-corrected chi connectivity index (χ0v) is 10.5. The summed E-state index contributed by atoms with van der Waals surface area (Å²) in [4.78, 5) is 4.37. The Hall–Kier alpha value is -1.19. The van der Waals surface area contributed by atoms with Crippen LogP contribution in [-0.2, 0) is 0 Å². The van der Waals surface area contributed by atoms with Crippen molar-refractivity contribution in [3.63, 3.8) is 0 Å². The van der Waals surface area contributed by atoms with Crippen molar-refractivity contribution >= 4 is 32.9 Å². The van der Waals surface area contributed by atoms with Crippen molar-refractivity contribution in [2.24, 2.45) is 0 Å². The lowest BCUT2D eigenvalue weighted by atomic mass is 10.1. The van der Waals surface area contributed by atoms with Crippen molar-refractivity contribution < 1.29 is 5.11 Å². The Labute approximate surface area is 103 Å². The predicted molar refractivity (Wildman–Crippen MR) is 70.2 cm³/mol. The number of hydrogen-bond acceptors (Lipinski definition) is 2. The topological polar surface area (TPSA) is 33.1 Å². The van der Waals surface area contributed by atoms with E-state index < -0.39 is 0 Å². The molecule has 2 aromatic rings. The van der Waals surface area contributed by atoms with Crippen molar-refractivity contribution in [3.8, 4) is 0 Å². The van der Waals surface area contributed by atoms with Crippen molar-refractivity contribution in [1.29, 1.82) is 0 Å². The fourth-order valence-corrected chi connectivity index (χ4v) is 2.04. The molecular formula is C13H12BrNO. The summed E-state index contributed by atoms with van der Waals surface area (Å²) in [6.07, 6.45) is 3.74. The van der Waals surface area contributed by atoms with Crippen molar-refractivity contribution in [1.82, 2.24) is 4.98 Å². The number of rotatable bonds is 2. The minimum atomic E-state index is 0.0738. The molecule has 2 nitrogen and oxygen atoms in total. The van der Waals surface area contributed by atoms with Crippen LogP contribution in [-0.4, -0.2) is 16.7 Å². The van der Waals surface area contributed by atoms with E-state index in [1.807, 2.05) is 37.3 Å². The van der Waals surface area contributed by atoms with E-state index in [0.717, 1.165) is 26.5 Å². The van der Waals surface area contributed by atoms with Gasteiger partial charge in [-0.3, -0.25) is 4.98 Å². The van der Waals surface area contributed by atoms with E-state index in [1.54, 1.807) is 6.20 Å². The highest BCUT2D eigenvalue weighted by molar-refractivity contribution is 9.10. The largest absolute Gasteiger partial charge is 0.392 e. The first-order chi connectivity index (χ1) is 7.72. The lowest BCUT2D eigenvalue weighted by Crippen LogP contribution is -1.87. The number of pyridine rings is 1. The Morgan fingerprint density at radius 1 is 1.44 bits per heavy atom. The van der Waals surface area contributed by atoms with Gasteiger partial charge in [-0.2, -0.15) is 0 Å². The van der Waals surface area contributed by atoms with Crippen LogP contribution < -0.4 is 0 Å². The van der Waals surface area contributed by atoms with Crippen LogP contribution in [0.2, 0.25) is 0 Å². The third kappa shape index (κ3) is 2.15. The lowest BCUT2D eigenvalue weighted by molar-refractivity contribution is 0.332. The Balaban J connectivity index is 2.68. The molecule has 82 valence electrons. The molecule has 0 saturated heterocycles. The Bertz CT molecular complexity index is 549. The number of halogens is 1. The molecule has 0 aliphatic carbocycles. The van der Waals surface area contributed by atoms with Crippen molar-refractivity contribution in [2.45, 2.75) is 6.92 Å². The molecular weight excluding hydrogens is 266 g/mol. The predicted octanol–water partition coefficient (Wildman–Crippen LogP) is 3.39. The van der Waals surface area contributed by atoms with Crippen molar-refractivity contribution in [2.75, 3.05) is 6.61 Å². The number of fused-ring (bicyclic) bond motifs is 1. The molecule has 1 heterocycles. The van der Waals surface area contributed by atoms with Crippen LogP contribution in [0, 0.1) is 0 Å². The van der Waals surface area contributed by atoms with Gasteiger partial charge in [0, 0.05) is 21.6 Å². The maximum atomic E-state index is 9.02. The van der Waals surface area contributed by atoms with Crippen LogP contribution in [0.25, 0.3) is 17.0 Å². The van der Waals surface area contributed by atoms with Gasteiger partial charge in [0.2, 0.25) is 0 Å². The second-order valence-electron chi connectivity index (χ2n) is 3.68. The Kier molecular flexibility index (Phi) is 3.36. The van der Waals surface area contributed by atoms with Crippen LogP contribution in [0.5, 0.6) is 0 Å². The quantitative estimate of drug-likeness (QED) is 0.913. The molecule has 0 spiro atoms. The van der Waals surface area contributed by atoms with Crippen LogP contribution in [0.15, 0.2) is 40.5 Å². The minimum Gasteiger partial charge on any atom is -0.392 e. The molecule has 0 bridgehead atoms.